The summed E-state index contributed by atoms with van der Waals surface area (Å²) in [7, 11) is 1.49. The van der Waals surface area contributed by atoms with E-state index in [-0.39, 0.29) is 19.0 Å². The van der Waals surface area contributed by atoms with Crippen LogP contribution in [-0.2, 0) is 11.3 Å². The van der Waals surface area contributed by atoms with Gasteiger partial charge in [0, 0.05) is 38.2 Å². The van der Waals surface area contributed by atoms with Gasteiger partial charge in [-0.15, -0.1) is 0 Å². The molecule has 25 heavy (non-hydrogen) atoms. The van der Waals surface area contributed by atoms with Crippen LogP contribution in [0.15, 0.2) is 29.3 Å². The van der Waals surface area contributed by atoms with Crippen molar-refractivity contribution in [1.29, 1.82) is 0 Å². The van der Waals surface area contributed by atoms with Crippen LogP contribution in [0, 0.1) is 0 Å². The third-order valence-electron chi connectivity index (χ3n) is 3.81. The Labute approximate surface area is 149 Å². The number of benzene rings is 1. The number of guanidine groups is 1. The van der Waals surface area contributed by atoms with Gasteiger partial charge in [0.2, 0.25) is 5.91 Å². The number of hydrogen-bond donors (Lipinski definition) is 1. The van der Waals surface area contributed by atoms with Crippen molar-refractivity contribution in [2.24, 2.45) is 4.99 Å². The van der Waals surface area contributed by atoms with E-state index in [0.717, 1.165) is 5.56 Å². The average Bonchev–Trinajstić information content (AvgIpc) is 2.54. The first-order valence-corrected chi connectivity index (χ1v) is 8.21. The smallest absolute Gasteiger partial charge is 0.356 e. The first-order valence-electron chi connectivity index (χ1n) is 7.83. The third kappa shape index (κ3) is 6.12. The third-order valence-corrected chi connectivity index (χ3v) is 4.06. The molecule has 1 aromatic carbocycles. The SMILES string of the molecule is CN=C(NCCC(F)(F)F)N1CCN(Cc2ccc(Cl)cc2)C(=O)C1. The van der Waals surface area contributed by atoms with Gasteiger partial charge in [-0.05, 0) is 17.7 Å². The van der Waals surface area contributed by atoms with E-state index in [1.165, 1.54) is 7.05 Å². The molecule has 0 aliphatic carbocycles. The number of amides is 1. The van der Waals surface area contributed by atoms with Crippen LogP contribution >= 0.6 is 11.6 Å². The number of alkyl halides is 3. The minimum absolute atomic E-state index is 0.0826. The average molecular weight is 377 g/mol. The summed E-state index contributed by atoms with van der Waals surface area (Å²) in [5, 5.41) is 3.29. The van der Waals surface area contributed by atoms with E-state index in [1.54, 1.807) is 21.9 Å². The maximum atomic E-state index is 12.3. The van der Waals surface area contributed by atoms with Crippen LogP contribution in [-0.4, -0.2) is 61.1 Å². The predicted octanol–water partition coefficient (Wildman–Crippen LogP) is 2.51. The van der Waals surface area contributed by atoms with Crippen LogP contribution in [0.4, 0.5) is 13.2 Å². The van der Waals surface area contributed by atoms with E-state index in [4.69, 9.17) is 11.6 Å². The first-order chi connectivity index (χ1) is 11.8. The fraction of sp³-hybridized carbons (Fsp3) is 0.500. The van der Waals surface area contributed by atoms with Gasteiger partial charge in [-0.3, -0.25) is 9.79 Å². The Morgan fingerprint density at radius 1 is 1.28 bits per heavy atom. The van der Waals surface area contributed by atoms with Gasteiger partial charge >= 0.3 is 6.18 Å². The number of piperazine rings is 1. The van der Waals surface area contributed by atoms with Gasteiger partial charge in [0.1, 0.15) is 0 Å². The van der Waals surface area contributed by atoms with E-state index >= 15 is 0 Å². The van der Waals surface area contributed by atoms with Crippen molar-refractivity contribution >= 4 is 23.5 Å². The minimum atomic E-state index is -4.22. The van der Waals surface area contributed by atoms with Gasteiger partial charge in [-0.1, -0.05) is 23.7 Å². The summed E-state index contributed by atoms with van der Waals surface area (Å²) in [6.45, 7) is 1.27. The molecule has 5 nitrogen and oxygen atoms in total. The predicted molar refractivity (Wildman–Crippen MR) is 90.5 cm³/mol. The molecule has 1 heterocycles. The second-order valence-electron chi connectivity index (χ2n) is 5.70. The lowest BCUT2D eigenvalue weighted by molar-refractivity contribution is -0.136. The topological polar surface area (TPSA) is 47.9 Å². The maximum absolute atomic E-state index is 12.3. The van der Waals surface area contributed by atoms with Crippen LogP contribution in [0.3, 0.4) is 0 Å². The standard InChI is InChI=1S/C16H20ClF3N4O/c1-21-15(22-7-6-16(18,19)20)24-9-8-23(14(25)11-24)10-12-2-4-13(17)5-3-12/h2-5H,6-11H2,1H3,(H,21,22). The molecule has 1 N–H and O–H groups in total. The maximum Gasteiger partial charge on any atom is 0.390 e. The quantitative estimate of drug-likeness (QED) is 0.649. The second-order valence-corrected chi connectivity index (χ2v) is 6.14. The molecule has 138 valence electrons. The highest BCUT2D eigenvalue weighted by atomic mass is 35.5. The van der Waals surface area contributed by atoms with Crippen molar-refractivity contribution in [3.05, 3.63) is 34.9 Å². The van der Waals surface area contributed by atoms with Crippen molar-refractivity contribution in [1.82, 2.24) is 15.1 Å². The molecular weight excluding hydrogens is 357 g/mol. The molecule has 1 aliphatic heterocycles. The number of hydrogen-bond acceptors (Lipinski definition) is 2. The van der Waals surface area contributed by atoms with Gasteiger partial charge in [0.25, 0.3) is 0 Å². The molecule has 1 amide bonds. The molecule has 1 fully saturated rings. The molecule has 0 bridgehead atoms. The number of carbonyl (C=O) groups is 1. The minimum Gasteiger partial charge on any atom is -0.356 e. The highest BCUT2D eigenvalue weighted by molar-refractivity contribution is 6.30. The number of aliphatic imine (C=N–C) groups is 1. The van der Waals surface area contributed by atoms with Crippen molar-refractivity contribution in [3.63, 3.8) is 0 Å². The zero-order chi connectivity index (χ0) is 18.4. The number of rotatable bonds is 4. The monoisotopic (exact) mass is 376 g/mol. The Morgan fingerprint density at radius 2 is 1.96 bits per heavy atom. The Morgan fingerprint density at radius 3 is 2.52 bits per heavy atom. The van der Waals surface area contributed by atoms with Crippen LogP contribution < -0.4 is 5.32 Å². The molecule has 0 atom stereocenters. The molecular formula is C16H20ClF3N4O. The highest BCUT2D eigenvalue weighted by Gasteiger charge is 2.28. The van der Waals surface area contributed by atoms with Crippen molar-refractivity contribution in [2.45, 2.75) is 19.1 Å². The highest BCUT2D eigenvalue weighted by Crippen LogP contribution is 2.18. The lowest BCUT2D eigenvalue weighted by atomic mass is 10.2. The van der Waals surface area contributed by atoms with Crippen molar-refractivity contribution < 1.29 is 18.0 Å². The summed E-state index contributed by atoms with van der Waals surface area (Å²) in [5.74, 6) is 0.212. The largest absolute Gasteiger partial charge is 0.390 e. The van der Waals surface area contributed by atoms with Crippen molar-refractivity contribution in [2.75, 3.05) is 33.2 Å². The number of carbonyl (C=O) groups excluding carboxylic acids is 1. The molecule has 2 rings (SSSR count). The molecule has 0 saturated carbocycles. The lowest BCUT2D eigenvalue weighted by Gasteiger charge is -2.36. The Balaban J connectivity index is 1.87. The van der Waals surface area contributed by atoms with Gasteiger partial charge in [-0.2, -0.15) is 13.2 Å². The summed E-state index contributed by atoms with van der Waals surface area (Å²) in [6.07, 6.45) is -5.17. The Bertz CT molecular complexity index is 619. The van der Waals surface area contributed by atoms with Crippen LogP contribution in [0.25, 0.3) is 0 Å². The normalized spacial score (nSPS) is 16.4. The number of halogens is 4. The molecule has 0 aromatic heterocycles. The molecule has 9 heteroatoms. The number of nitrogens with one attached hydrogen (secondary N) is 1. The van der Waals surface area contributed by atoms with Gasteiger partial charge < -0.3 is 15.1 Å². The lowest BCUT2D eigenvalue weighted by Crippen LogP contribution is -2.55. The van der Waals surface area contributed by atoms with E-state index in [0.29, 0.717) is 30.6 Å². The zero-order valence-corrected chi connectivity index (χ0v) is 14.6. The summed E-state index contributed by atoms with van der Waals surface area (Å²) in [4.78, 5) is 19.7. The molecule has 0 spiro atoms. The van der Waals surface area contributed by atoms with E-state index in [1.807, 2.05) is 12.1 Å². The fourth-order valence-electron chi connectivity index (χ4n) is 2.51. The number of nitrogens with zero attached hydrogens (tertiary/aromatic N) is 3. The summed E-state index contributed by atoms with van der Waals surface area (Å²) >= 11 is 5.85. The molecule has 1 aromatic rings. The second kappa shape index (κ2) is 8.42. The van der Waals surface area contributed by atoms with Crippen LogP contribution in [0.5, 0.6) is 0 Å². The molecule has 0 unspecified atom stereocenters. The first kappa shape index (κ1) is 19.4. The van der Waals surface area contributed by atoms with E-state index in [2.05, 4.69) is 10.3 Å². The van der Waals surface area contributed by atoms with Gasteiger partial charge in [0.05, 0.1) is 13.0 Å². The van der Waals surface area contributed by atoms with Gasteiger partial charge in [0.15, 0.2) is 5.96 Å². The molecule has 0 radical (unpaired) electrons. The molecule has 1 saturated heterocycles. The summed E-state index contributed by atoms with van der Waals surface area (Å²) < 4.78 is 36.7. The van der Waals surface area contributed by atoms with Crippen LogP contribution in [0.2, 0.25) is 5.02 Å². The molecule has 1 aliphatic rings. The van der Waals surface area contributed by atoms with Crippen LogP contribution in [0.1, 0.15) is 12.0 Å². The van der Waals surface area contributed by atoms with Crippen molar-refractivity contribution in [3.8, 4) is 0 Å². The van der Waals surface area contributed by atoms with E-state index in [9.17, 15) is 18.0 Å². The zero-order valence-electron chi connectivity index (χ0n) is 13.8. The Kier molecular flexibility index (Phi) is 6.52. The van der Waals surface area contributed by atoms with Gasteiger partial charge in [-0.25, -0.2) is 0 Å². The summed E-state index contributed by atoms with van der Waals surface area (Å²) in [5.41, 5.74) is 0.971. The summed E-state index contributed by atoms with van der Waals surface area (Å²) in [6, 6.07) is 7.26. The van der Waals surface area contributed by atoms with E-state index < -0.39 is 12.6 Å². The Hall–Kier alpha value is -1.96. The fourth-order valence-corrected chi connectivity index (χ4v) is 2.64.